The number of para-hydroxylation sites is 1. The molecule has 0 saturated heterocycles. The molecule has 2 heterocycles. The Morgan fingerprint density at radius 3 is 2.84 bits per heavy atom. The number of nitrogens with zero attached hydrogens (tertiary/aromatic N) is 1. The maximum atomic E-state index is 12.2. The lowest BCUT2D eigenvalue weighted by molar-refractivity contribution is -0.120. The van der Waals surface area contributed by atoms with E-state index >= 15 is 0 Å². The molecule has 0 aliphatic carbocycles. The molecule has 4 rings (SSSR count). The van der Waals surface area contributed by atoms with E-state index in [0.717, 1.165) is 11.9 Å². The van der Waals surface area contributed by atoms with Crippen LogP contribution < -0.4 is 16.0 Å². The largest absolute Gasteiger partial charge is 0.361 e. The van der Waals surface area contributed by atoms with Crippen LogP contribution in [0.15, 0.2) is 60.1 Å². The molecule has 4 aromatic rings. The number of H-pyrrole nitrogens is 1. The summed E-state index contributed by atoms with van der Waals surface area (Å²) in [5, 5.41) is 12.1. The number of aromatic nitrogens is 2. The van der Waals surface area contributed by atoms with E-state index in [4.69, 9.17) is 11.6 Å². The van der Waals surface area contributed by atoms with Crippen LogP contribution in [0.2, 0.25) is 5.02 Å². The molecule has 2 aromatic carbocycles. The van der Waals surface area contributed by atoms with Crippen LogP contribution in [0.25, 0.3) is 10.9 Å². The number of benzene rings is 2. The van der Waals surface area contributed by atoms with Crippen molar-refractivity contribution in [1.82, 2.24) is 15.3 Å². The zero-order valence-corrected chi connectivity index (χ0v) is 18.0. The third-order valence-electron chi connectivity index (χ3n) is 4.59. The Balaban J connectivity index is 1.23. The summed E-state index contributed by atoms with van der Waals surface area (Å²) in [5.74, 6) is -0.111. The fourth-order valence-corrected chi connectivity index (χ4v) is 4.07. The molecule has 158 valence electrons. The number of nitrogens with one attached hydrogen (secondary N) is 4. The topological polar surface area (TPSA) is 98.9 Å². The van der Waals surface area contributed by atoms with Gasteiger partial charge >= 0.3 is 6.03 Å². The minimum absolute atomic E-state index is 0.111. The van der Waals surface area contributed by atoms with Gasteiger partial charge in [-0.3, -0.25) is 10.1 Å². The molecule has 0 aliphatic rings. The van der Waals surface area contributed by atoms with Gasteiger partial charge in [0.2, 0.25) is 5.91 Å². The lowest BCUT2D eigenvalue weighted by Gasteiger charge is -2.05. The lowest BCUT2D eigenvalue weighted by atomic mass is 10.1. The summed E-state index contributed by atoms with van der Waals surface area (Å²) in [4.78, 5) is 31.9. The minimum Gasteiger partial charge on any atom is -0.361 e. The average molecular weight is 454 g/mol. The third kappa shape index (κ3) is 5.62. The molecule has 0 saturated carbocycles. The number of fused-ring (bicyclic) bond motifs is 1. The number of halogens is 1. The summed E-state index contributed by atoms with van der Waals surface area (Å²) < 4.78 is 0. The van der Waals surface area contributed by atoms with Crippen molar-refractivity contribution in [1.29, 1.82) is 0 Å². The number of amides is 3. The maximum Gasteiger partial charge on any atom is 0.325 e. The van der Waals surface area contributed by atoms with E-state index in [2.05, 4.69) is 32.0 Å². The second-order valence-corrected chi connectivity index (χ2v) is 8.16. The van der Waals surface area contributed by atoms with Crippen LogP contribution in [0.4, 0.5) is 15.6 Å². The third-order valence-corrected chi connectivity index (χ3v) is 5.63. The van der Waals surface area contributed by atoms with Crippen LogP contribution in [0, 0.1) is 0 Å². The van der Waals surface area contributed by atoms with Crippen molar-refractivity contribution < 1.29 is 9.59 Å². The Hall–Kier alpha value is -3.36. The Morgan fingerprint density at radius 2 is 1.97 bits per heavy atom. The first-order valence-corrected chi connectivity index (χ1v) is 10.9. The fraction of sp³-hybridized carbons (Fsp3) is 0.136. The molecule has 7 nitrogen and oxygen atoms in total. The first kappa shape index (κ1) is 20.9. The number of anilines is 2. The quantitative estimate of drug-likeness (QED) is 0.322. The number of thiazole rings is 1. The van der Waals surface area contributed by atoms with Crippen molar-refractivity contribution in [2.45, 2.75) is 12.8 Å². The number of aromatic amines is 1. The zero-order valence-electron chi connectivity index (χ0n) is 16.4. The molecular formula is C22H20ClN5O2S. The maximum absolute atomic E-state index is 12.2. The van der Waals surface area contributed by atoms with Crippen LogP contribution in [0.3, 0.4) is 0 Å². The van der Waals surface area contributed by atoms with Gasteiger partial charge in [0.15, 0.2) is 5.13 Å². The van der Waals surface area contributed by atoms with E-state index in [1.165, 1.54) is 22.3 Å². The molecule has 3 amide bonds. The molecule has 0 unspecified atom stereocenters. The zero-order chi connectivity index (χ0) is 21.6. The van der Waals surface area contributed by atoms with Gasteiger partial charge < -0.3 is 15.6 Å². The van der Waals surface area contributed by atoms with Crippen molar-refractivity contribution in [2.75, 3.05) is 17.2 Å². The predicted molar refractivity (Wildman–Crippen MR) is 125 cm³/mol. The number of carbonyl (C=O) groups excluding carboxylic acids is 2. The van der Waals surface area contributed by atoms with E-state index in [1.54, 1.807) is 29.6 Å². The van der Waals surface area contributed by atoms with Gasteiger partial charge in [-0.25, -0.2) is 9.78 Å². The van der Waals surface area contributed by atoms with E-state index in [1.807, 2.05) is 24.4 Å². The molecule has 0 fully saturated rings. The Bertz CT molecular complexity index is 1220. The molecular weight excluding hydrogens is 434 g/mol. The van der Waals surface area contributed by atoms with Gasteiger partial charge in [0.1, 0.15) is 0 Å². The summed E-state index contributed by atoms with van der Waals surface area (Å²) >= 11 is 7.17. The number of urea groups is 1. The number of carbonyl (C=O) groups is 2. The fourth-order valence-electron chi connectivity index (χ4n) is 3.17. The summed E-state index contributed by atoms with van der Waals surface area (Å²) in [6.07, 6.45) is 2.87. The van der Waals surface area contributed by atoms with Gasteiger partial charge in [0.25, 0.3) is 0 Å². The highest BCUT2D eigenvalue weighted by molar-refractivity contribution is 7.14. The second kappa shape index (κ2) is 9.63. The van der Waals surface area contributed by atoms with Crippen molar-refractivity contribution in [3.63, 3.8) is 0 Å². The van der Waals surface area contributed by atoms with E-state index in [-0.39, 0.29) is 12.3 Å². The van der Waals surface area contributed by atoms with E-state index in [0.29, 0.717) is 28.1 Å². The van der Waals surface area contributed by atoms with Gasteiger partial charge in [-0.2, -0.15) is 0 Å². The lowest BCUT2D eigenvalue weighted by Crippen LogP contribution is -2.27. The van der Waals surface area contributed by atoms with Crippen LogP contribution in [0.5, 0.6) is 0 Å². The minimum atomic E-state index is -0.425. The second-order valence-electron chi connectivity index (χ2n) is 6.87. The smallest absolute Gasteiger partial charge is 0.325 e. The monoisotopic (exact) mass is 453 g/mol. The standard InChI is InChI=1S/C22H20ClN5O2S/c23-15-4-3-5-16(10-15)26-21(30)28-22-27-17(13-31-22)11-20(29)24-9-8-14-12-25-19-7-2-1-6-18(14)19/h1-7,10,12-13,25H,8-9,11H2,(H,24,29)(H2,26,27,28,30). The SMILES string of the molecule is O=C(Cc1csc(NC(=O)Nc2cccc(Cl)c2)n1)NCCc1c[nH]c2ccccc12. The van der Waals surface area contributed by atoms with Gasteiger partial charge in [0, 0.05) is 39.7 Å². The average Bonchev–Trinajstić information content (AvgIpc) is 3.35. The van der Waals surface area contributed by atoms with Crippen molar-refractivity contribution in [2.24, 2.45) is 0 Å². The number of hydrogen-bond donors (Lipinski definition) is 4. The molecule has 9 heteroatoms. The summed E-state index contributed by atoms with van der Waals surface area (Å²) in [6.45, 7) is 0.540. The first-order chi connectivity index (χ1) is 15.1. The highest BCUT2D eigenvalue weighted by Gasteiger charge is 2.11. The summed E-state index contributed by atoms with van der Waals surface area (Å²) in [5.41, 5.74) is 3.44. The van der Waals surface area contributed by atoms with E-state index < -0.39 is 6.03 Å². The molecule has 2 aromatic heterocycles. The van der Waals surface area contributed by atoms with Gasteiger partial charge in [-0.15, -0.1) is 11.3 Å². The molecule has 0 aliphatic heterocycles. The molecule has 4 N–H and O–H groups in total. The highest BCUT2D eigenvalue weighted by Crippen LogP contribution is 2.19. The van der Waals surface area contributed by atoms with Gasteiger partial charge in [-0.1, -0.05) is 35.9 Å². The van der Waals surface area contributed by atoms with Gasteiger partial charge in [-0.05, 0) is 36.2 Å². The van der Waals surface area contributed by atoms with Crippen LogP contribution in [-0.2, 0) is 17.6 Å². The van der Waals surface area contributed by atoms with E-state index in [9.17, 15) is 9.59 Å². The van der Waals surface area contributed by atoms with Gasteiger partial charge in [0.05, 0.1) is 12.1 Å². The summed E-state index contributed by atoms with van der Waals surface area (Å²) in [6, 6.07) is 14.5. The molecule has 0 spiro atoms. The molecule has 0 bridgehead atoms. The normalized spacial score (nSPS) is 10.7. The Morgan fingerprint density at radius 1 is 1.10 bits per heavy atom. The Kier molecular flexibility index (Phi) is 6.49. The molecule has 31 heavy (non-hydrogen) atoms. The summed E-state index contributed by atoms with van der Waals surface area (Å²) in [7, 11) is 0. The Labute approximate surface area is 187 Å². The van der Waals surface area contributed by atoms with Crippen LogP contribution in [0.1, 0.15) is 11.3 Å². The van der Waals surface area contributed by atoms with Crippen molar-refractivity contribution in [3.8, 4) is 0 Å². The van der Waals surface area contributed by atoms with Crippen molar-refractivity contribution in [3.05, 3.63) is 76.4 Å². The van der Waals surface area contributed by atoms with Crippen molar-refractivity contribution >= 4 is 56.6 Å². The van der Waals surface area contributed by atoms with Crippen LogP contribution >= 0.6 is 22.9 Å². The first-order valence-electron chi connectivity index (χ1n) is 9.66. The highest BCUT2D eigenvalue weighted by atomic mass is 35.5. The predicted octanol–water partition coefficient (Wildman–Crippen LogP) is 4.82. The number of hydrogen-bond acceptors (Lipinski definition) is 4. The number of rotatable bonds is 7. The molecule has 0 atom stereocenters. The molecule has 0 radical (unpaired) electrons. The van der Waals surface area contributed by atoms with Crippen LogP contribution in [-0.4, -0.2) is 28.5 Å².